The first-order valence-corrected chi connectivity index (χ1v) is 10.3. The van der Waals surface area contributed by atoms with E-state index in [2.05, 4.69) is 61.9 Å². The molecule has 0 amide bonds. The van der Waals surface area contributed by atoms with Crippen molar-refractivity contribution in [3.63, 3.8) is 0 Å². The van der Waals surface area contributed by atoms with Gasteiger partial charge in [-0.3, -0.25) is 4.99 Å². The smallest absolute Gasteiger partial charge is 0.246 e. The third kappa shape index (κ3) is 5.93. The number of nitrogens with one attached hydrogen (secondary N) is 2. The van der Waals surface area contributed by atoms with Gasteiger partial charge in [0.15, 0.2) is 11.8 Å². The van der Waals surface area contributed by atoms with Gasteiger partial charge >= 0.3 is 0 Å². The quantitative estimate of drug-likeness (QED) is 0.546. The van der Waals surface area contributed by atoms with Gasteiger partial charge < -0.3 is 24.8 Å². The highest BCUT2D eigenvalue weighted by atomic mass is 16.5. The molecule has 1 aliphatic heterocycles. The van der Waals surface area contributed by atoms with Crippen molar-refractivity contribution in [1.82, 2.24) is 20.8 Å². The molecule has 2 heterocycles. The number of benzene rings is 1. The Morgan fingerprint density at radius 1 is 1.38 bits per heavy atom. The highest BCUT2D eigenvalue weighted by Gasteiger charge is 2.21. The predicted octanol–water partition coefficient (Wildman–Crippen LogP) is 2.81. The van der Waals surface area contributed by atoms with Crippen LogP contribution in [0.25, 0.3) is 0 Å². The topological polar surface area (TPSA) is 87.8 Å². The number of hydrogen-bond acceptors (Lipinski definition) is 6. The molecule has 1 saturated heterocycles. The van der Waals surface area contributed by atoms with Crippen molar-refractivity contribution in [2.45, 2.75) is 52.3 Å². The van der Waals surface area contributed by atoms with Crippen LogP contribution in [0, 0.1) is 6.92 Å². The van der Waals surface area contributed by atoms with Crippen molar-refractivity contribution in [1.29, 1.82) is 0 Å². The van der Waals surface area contributed by atoms with Crippen LogP contribution in [0.4, 0.5) is 5.69 Å². The van der Waals surface area contributed by atoms with Crippen LogP contribution in [-0.2, 0) is 11.3 Å². The zero-order chi connectivity index (χ0) is 20.6. The molecule has 0 spiro atoms. The summed E-state index contributed by atoms with van der Waals surface area (Å²) < 4.78 is 10.8. The lowest BCUT2D eigenvalue weighted by Crippen LogP contribution is -2.51. The number of aryl methyl sites for hydroxylation is 1. The zero-order valence-corrected chi connectivity index (χ0v) is 17.8. The van der Waals surface area contributed by atoms with E-state index >= 15 is 0 Å². The molecule has 29 heavy (non-hydrogen) atoms. The second-order valence-electron chi connectivity index (χ2n) is 7.33. The van der Waals surface area contributed by atoms with Crippen LogP contribution in [0.15, 0.2) is 33.8 Å². The fraction of sp³-hybridized carbons (Fsp3) is 0.571. The van der Waals surface area contributed by atoms with E-state index in [0.717, 1.165) is 31.9 Å². The zero-order valence-electron chi connectivity index (χ0n) is 17.8. The molecule has 1 aliphatic rings. The molecule has 2 aromatic rings. The number of hydrogen-bond donors (Lipinski definition) is 2. The number of ether oxygens (including phenoxy) is 1. The fourth-order valence-corrected chi connectivity index (χ4v) is 3.46. The van der Waals surface area contributed by atoms with Gasteiger partial charge in [0.25, 0.3) is 0 Å². The molecule has 1 fully saturated rings. The standard InChI is InChI=1S/C21H32N6O2/c1-5-28-16(3)20-25-19(29-26-20)13-23-21(22-4)24-17-7-6-12-27(14-17)18-10-8-15(2)9-11-18/h8-11,16-17H,5-7,12-14H2,1-4H3,(H2,22,23,24). The van der Waals surface area contributed by atoms with Gasteiger partial charge in [-0.1, -0.05) is 22.9 Å². The van der Waals surface area contributed by atoms with E-state index in [4.69, 9.17) is 9.26 Å². The number of aromatic nitrogens is 2. The summed E-state index contributed by atoms with van der Waals surface area (Å²) in [6.45, 7) is 9.02. The minimum Gasteiger partial charge on any atom is -0.371 e. The van der Waals surface area contributed by atoms with Crippen molar-refractivity contribution < 1.29 is 9.26 Å². The van der Waals surface area contributed by atoms with Crippen molar-refractivity contribution in [3.05, 3.63) is 41.5 Å². The number of anilines is 1. The van der Waals surface area contributed by atoms with Crippen molar-refractivity contribution in [3.8, 4) is 0 Å². The molecule has 0 bridgehead atoms. The van der Waals surface area contributed by atoms with Crippen LogP contribution in [-0.4, -0.2) is 48.9 Å². The molecule has 2 unspecified atom stereocenters. The summed E-state index contributed by atoms with van der Waals surface area (Å²) >= 11 is 0. The Morgan fingerprint density at radius 2 is 2.17 bits per heavy atom. The lowest BCUT2D eigenvalue weighted by Gasteiger charge is -2.35. The molecule has 2 atom stereocenters. The molecule has 3 rings (SSSR count). The average Bonchev–Trinajstić information content (AvgIpc) is 3.21. The molecular formula is C21H32N6O2. The van der Waals surface area contributed by atoms with Gasteiger partial charge in [-0.15, -0.1) is 0 Å². The largest absolute Gasteiger partial charge is 0.371 e. The summed E-state index contributed by atoms with van der Waals surface area (Å²) in [5.41, 5.74) is 2.55. The van der Waals surface area contributed by atoms with E-state index in [1.54, 1.807) is 7.05 Å². The van der Waals surface area contributed by atoms with Crippen LogP contribution < -0.4 is 15.5 Å². The maximum atomic E-state index is 5.50. The monoisotopic (exact) mass is 400 g/mol. The van der Waals surface area contributed by atoms with Gasteiger partial charge in [-0.05, 0) is 45.7 Å². The molecule has 8 nitrogen and oxygen atoms in total. The lowest BCUT2D eigenvalue weighted by molar-refractivity contribution is 0.0683. The van der Waals surface area contributed by atoms with E-state index in [-0.39, 0.29) is 6.10 Å². The highest BCUT2D eigenvalue weighted by molar-refractivity contribution is 5.80. The second kappa shape index (κ2) is 10.2. The van der Waals surface area contributed by atoms with Crippen LogP contribution >= 0.6 is 0 Å². The van der Waals surface area contributed by atoms with Crippen LogP contribution in [0.5, 0.6) is 0 Å². The molecule has 1 aromatic carbocycles. The summed E-state index contributed by atoms with van der Waals surface area (Å²) in [5, 5.41) is 10.8. The summed E-state index contributed by atoms with van der Waals surface area (Å²) in [6, 6.07) is 9.05. The van der Waals surface area contributed by atoms with Crippen LogP contribution in [0.1, 0.15) is 50.1 Å². The van der Waals surface area contributed by atoms with E-state index in [9.17, 15) is 0 Å². The van der Waals surface area contributed by atoms with Crippen LogP contribution in [0.2, 0.25) is 0 Å². The molecule has 0 aliphatic carbocycles. The maximum absolute atomic E-state index is 5.50. The summed E-state index contributed by atoms with van der Waals surface area (Å²) in [4.78, 5) is 11.1. The lowest BCUT2D eigenvalue weighted by atomic mass is 10.0. The average molecular weight is 401 g/mol. The van der Waals surface area contributed by atoms with E-state index < -0.39 is 0 Å². The van der Waals surface area contributed by atoms with Gasteiger partial charge in [0.2, 0.25) is 5.89 Å². The van der Waals surface area contributed by atoms with Gasteiger partial charge in [0.05, 0.1) is 6.54 Å². The summed E-state index contributed by atoms with van der Waals surface area (Å²) in [7, 11) is 1.77. The number of rotatable bonds is 7. The Morgan fingerprint density at radius 3 is 2.90 bits per heavy atom. The molecule has 158 valence electrons. The maximum Gasteiger partial charge on any atom is 0.246 e. The number of nitrogens with zero attached hydrogens (tertiary/aromatic N) is 4. The summed E-state index contributed by atoms with van der Waals surface area (Å²) in [6.07, 6.45) is 2.08. The van der Waals surface area contributed by atoms with Gasteiger partial charge in [-0.25, -0.2) is 0 Å². The molecule has 1 aromatic heterocycles. The number of guanidine groups is 1. The first-order chi connectivity index (χ1) is 14.1. The predicted molar refractivity (Wildman–Crippen MR) is 114 cm³/mol. The van der Waals surface area contributed by atoms with Gasteiger partial charge in [0.1, 0.15) is 6.10 Å². The third-order valence-electron chi connectivity index (χ3n) is 5.06. The third-order valence-corrected chi connectivity index (χ3v) is 5.06. The molecular weight excluding hydrogens is 368 g/mol. The molecule has 0 saturated carbocycles. The normalized spacial score (nSPS) is 18.6. The Labute approximate surface area is 172 Å². The van der Waals surface area contributed by atoms with Gasteiger partial charge in [0, 0.05) is 38.5 Å². The van der Waals surface area contributed by atoms with Crippen molar-refractivity contribution >= 4 is 11.6 Å². The first kappa shape index (κ1) is 21.1. The second-order valence-corrected chi connectivity index (χ2v) is 7.33. The van der Waals surface area contributed by atoms with E-state index in [1.807, 2.05) is 13.8 Å². The minimum absolute atomic E-state index is 0.176. The van der Waals surface area contributed by atoms with E-state index in [0.29, 0.717) is 30.9 Å². The Bertz CT molecular complexity index is 789. The first-order valence-electron chi connectivity index (χ1n) is 10.3. The molecule has 2 N–H and O–H groups in total. The Balaban J connectivity index is 1.51. The minimum atomic E-state index is -0.176. The van der Waals surface area contributed by atoms with E-state index in [1.165, 1.54) is 11.3 Å². The SMILES string of the molecule is CCOC(C)c1noc(CNC(=NC)NC2CCCN(c3ccc(C)cc3)C2)n1. The summed E-state index contributed by atoms with van der Waals surface area (Å²) in [5.74, 6) is 1.81. The number of piperidine rings is 1. The Hall–Kier alpha value is -2.61. The molecule has 8 heteroatoms. The fourth-order valence-electron chi connectivity index (χ4n) is 3.46. The highest BCUT2D eigenvalue weighted by Crippen LogP contribution is 2.20. The van der Waals surface area contributed by atoms with Crippen molar-refractivity contribution in [2.24, 2.45) is 4.99 Å². The molecule has 0 radical (unpaired) electrons. The van der Waals surface area contributed by atoms with Gasteiger partial charge in [-0.2, -0.15) is 4.98 Å². The van der Waals surface area contributed by atoms with Crippen LogP contribution in [0.3, 0.4) is 0 Å². The van der Waals surface area contributed by atoms with Crippen molar-refractivity contribution in [2.75, 3.05) is 31.6 Å². The number of aliphatic imine (C=N–C) groups is 1. The Kier molecular flexibility index (Phi) is 7.46.